The van der Waals surface area contributed by atoms with E-state index in [4.69, 9.17) is 14.6 Å². The summed E-state index contributed by atoms with van der Waals surface area (Å²) < 4.78 is 9.74. The van der Waals surface area contributed by atoms with Crippen LogP contribution >= 0.6 is 0 Å². The van der Waals surface area contributed by atoms with E-state index in [0.717, 1.165) is 0 Å². The highest BCUT2D eigenvalue weighted by molar-refractivity contribution is 5.84. The lowest BCUT2D eigenvalue weighted by Crippen LogP contribution is -2.43. The van der Waals surface area contributed by atoms with Gasteiger partial charge in [0.25, 0.3) is 0 Å². The number of carbonyl (C=O) groups excluding carboxylic acids is 1. The Morgan fingerprint density at radius 2 is 1.94 bits per heavy atom. The van der Waals surface area contributed by atoms with E-state index in [0.29, 0.717) is 19.6 Å². The standard InChI is InChI=1S/C11H21NO5/c1-8(2)6-9(11(14)15)12-10(13)7-17-5-4-16-3/h8-9H,4-7H2,1-3H3,(H,12,13)(H,14,15)/t9-/m0/s1. The normalized spacial score (nSPS) is 12.5. The molecule has 17 heavy (non-hydrogen) atoms. The maximum atomic E-state index is 11.4. The summed E-state index contributed by atoms with van der Waals surface area (Å²) in [5.74, 6) is -1.25. The summed E-state index contributed by atoms with van der Waals surface area (Å²) in [5.41, 5.74) is 0. The molecule has 6 heteroatoms. The van der Waals surface area contributed by atoms with Crippen molar-refractivity contribution in [2.75, 3.05) is 26.9 Å². The summed E-state index contributed by atoms with van der Waals surface area (Å²) in [6, 6.07) is -0.853. The Kier molecular flexibility index (Phi) is 8.35. The molecule has 0 aliphatic rings. The number of aliphatic carboxylic acids is 1. The summed E-state index contributed by atoms with van der Waals surface area (Å²) in [5, 5.41) is 11.3. The van der Waals surface area contributed by atoms with Gasteiger partial charge in [0.15, 0.2) is 0 Å². The molecule has 0 aromatic heterocycles. The Morgan fingerprint density at radius 1 is 1.29 bits per heavy atom. The highest BCUT2D eigenvalue weighted by Crippen LogP contribution is 2.04. The van der Waals surface area contributed by atoms with Crippen LogP contribution in [0.4, 0.5) is 0 Å². The van der Waals surface area contributed by atoms with Gasteiger partial charge in [-0.1, -0.05) is 13.8 Å². The van der Waals surface area contributed by atoms with E-state index in [1.165, 1.54) is 7.11 Å². The third-order valence-electron chi connectivity index (χ3n) is 2.01. The number of carbonyl (C=O) groups is 2. The smallest absolute Gasteiger partial charge is 0.326 e. The molecule has 0 bridgehead atoms. The third-order valence-corrected chi connectivity index (χ3v) is 2.01. The van der Waals surface area contributed by atoms with Crippen LogP contribution in [-0.2, 0) is 19.1 Å². The molecule has 0 aliphatic heterocycles. The fourth-order valence-electron chi connectivity index (χ4n) is 1.24. The molecular formula is C11H21NO5. The minimum Gasteiger partial charge on any atom is -0.480 e. The zero-order valence-electron chi connectivity index (χ0n) is 10.6. The van der Waals surface area contributed by atoms with Crippen LogP contribution in [0.3, 0.4) is 0 Å². The van der Waals surface area contributed by atoms with Crippen molar-refractivity contribution < 1.29 is 24.2 Å². The van der Waals surface area contributed by atoms with Crippen LogP contribution < -0.4 is 5.32 Å². The van der Waals surface area contributed by atoms with Crippen molar-refractivity contribution >= 4 is 11.9 Å². The predicted molar refractivity (Wildman–Crippen MR) is 61.7 cm³/mol. The molecule has 0 saturated heterocycles. The topological polar surface area (TPSA) is 84.9 Å². The van der Waals surface area contributed by atoms with Crippen molar-refractivity contribution in [2.45, 2.75) is 26.3 Å². The molecule has 0 aliphatic carbocycles. The maximum Gasteiger partial charge on any atom is 0.326 e. The molecule has 0 saturated carbocycles. The van der Waals surface area contributed by atoms with E-state index in [9.17, 15) is 9.59 Å². The van der Waals surface area contributed by atoms with Crippen LogP contribution in [0, 0.1) is 5.92 Å². The van der Waals surface area contributed by atoms with E-state index < -0.39 is 17.9 Å². The number of hydrogen-bond acceptors (Lipinski definition) is 4. The summed E-state index contributed by atoms with van der Waals surface area (Å²) in [7, 11) is 1.53. The number of ether oxygens (including phenoxy) is 2. The Hall–Kier alpha value is -1.14. The Morgan fingerprint density at radius 3 is 2.41 bits per heavy atom. The van der Waals surface area contributed by atoms with Gasteiger partial charge in [0.05, 0.1) is 13.2 Å². The van der Waals surface area contributed by atoms with Gasteiger partial charge in [-0.3, -0.25) is 4.79 Å². The van der Waals surface area contributed by atoms with Gasteiger partial charge in [0.2, 0.25) is 5.91 Å². The molecule has 0 heterocycles. The van der Waals surface area contributed by atoms with E-state index in [1.807, 2.05) is 13.8 Å². The van der Waals surface area contributed by atoms with Crippen LogP contribution in [0.1, 0.15) is 20.3 Å². The van der Waals surface area contributed by atoms with Gasteiger partial charge in [-0.2, -0.15) is 0 Å². The molecule has 0 radical (unpaired) electrons. The van der Waals surface area contributed by atoms with Gasteiger partial charge in [0, 0.05) is 7.11 Å². The average Bonchev–Trinajstić information content (AvgIpc) is 2.22. The predicted octanol–water partition coefficient (Wildman–Crippen LogP) is 0.265. The minimum absolute atomic E-state index is 0.148. The molecule has 6 nitrogen and oxygen atoms in total. The molecule has 0 rings (SSSR count). The Balaban J connectivity index is 3.91. The fourth-order valence-corrected chi connectivity index (χ4v) is 1.24. The summed E-state index contributed by atoms with van der Waals surface area (Å²) in [4.78, 5) is 22.2. The largest absolute Gasteiger partial charge is 0.480 e. The highest BCUT2D eigenvalue weighted by Gasteiger charge is 2.20. The number of carboxylic acid groups (broad SMARTS) is 1. The number of amides is 1. The highest BCUT2D eigenvalue weighted by atomic mass is 16.5. The van der Waals surface area contributed by atoms with Gasteiger partial charge in [-0.25, -0.2) is 4.79 Å². The van der Waals surface area contributed by atoms with Crippen molar-refractivity contribution in [1.82, 2.24) is 5.32 Å². The Bertz CT molecular complexity index is 242. The fraction of sp³-hybridized carbons (Fsp3) is 0.818. The quantitative estimate of drug-likeness (QED) is 0.571. The van der Waals surface area contributed by atoms with Crippen LogP contribution in [0.5, 0.6) is 0 Å². The van der Waals surface area contributed by atoms with E-state index in [-0.39, 0.29) is 12.5 Å². The minimum atomic E-state index is -1.02. The first-order valence-electron chi connectivity index (χ1n) is 5.56. The van der Waals surface area contributed by atoms with E-state index in [1.54, 1.807) is 0 Å². The van der Waals surface area contributed by atoms with Gasteiger partial charge in [0.1, 0.15) is 12.6 Å². The third kappa shape index (κ3) is 8.65. The average molecular weight is 247 g/mol. The van der Waals surface area contributed by atoms with Crippen molar-refractivity contribution in [3.05, 3.63) is 0 Å². The van der Waals surface area contributed by atoms with Crippen molar-refractivity contribution in [3.63, 3.8) is 0 Å². The van der Waals surface area contributed by atoms with E-state index in [2.05, 4.69) is 5.32 Å². The summed E-state index contributed by atoms with van der Waals surface area (Å²) in [6.07, 6.45) is 0.402. The number of hydrogen-bond donors (Lipinski definition) is 2. The first kappa shape index (κ1) is 15.9. The van der Waals surface area contributed by atoms with Crippen molar-refractivity contribution in [2.24, 2.45) is 5.92 Å². The molecule has 1 atom stereocenters. The molecule has 0 aromatic rings. The number of methoxy groups -OCH3 is 1. The zero-order valence-corrected chi connectivity index (χ0v) is 10.6. The molecule has 1 amide bonds. The second kappa shape index (κ2) is 8.95. The first-order chi connectivity index (χ1) is 7.97. The zero-order chi connectivity index (χ0) is 13.3. The lowest BCUT2D eigenvalue weighted by Gasteiger charge is -2.16. The molecule has 0 aromatic carbocycles. The molecule has 100 valence electrons. The number of nitrogens with one attached hydrogen (secondary N) is 1. The Labute approximate surface area is 101 Å². The van der Waals surface area contributed by atoms with Crippen LogP contribution in [0.15, 0.2) is 0 Å². The number of carboxylic acids is 1. The summed E-state index contributed by atoms with van der Waals surface area (Å²) in [6.45, 7) is 4.37. The van der Waals surface area contributed by atoms with Crippen LogP contribution in [-0.4, -0.2) is 50.0 Å². The number of rotatable bonds is 9. The monoisotopic (exact) mass is 247 g/mol. The lowest BCUT2D eigenvalue weighted by molar-refractivity contribution is -0.143. The van der Waals surface area contributed by atoms with Crippen LogP contribution in [0.2, 0.25) is 0 Å². The van der Waals surface area contributed by atoms with Crippen LogP contribution in [0.25, 0.3) is 0 Å². The van der Waals surface area contributed by atoms with Crippen molar-refractivity contribution in [1.29, 1.82) is 0 Å². The van der Waals surface area contributed by atoms with Gasteiger partial charge < -0.3 is 19.9 Å². The molecule has 2 N–H and O–H groups in total. The first-order valence-corrected chi connectivity index (χ1v) is 5.56. The van der Waals surface area contributed by atoms with Gasteiger partial charge >= 0.3 is 5.97 Å². The van der Waals surface area contributed by atoms with Gasteiger partial charge in [-0.15, -0.1) is 0 Å². The SMILES string of the molecule is COCCOCC(=O)N[C@@H](CC(C)C)C(=O)O. The van der Waals surface area contributed by atoms with Gasteiger partial charge in [-0.05, 0) is 12.3 Å². The second-order valence-electron chi connectivity index (χ2n) is 4.13. The molecule has 0 spiro atoms. The molecule has 0 fully saturated rings. The molecular weight excluding hydrogens is 226 g/mol. The second-order valence-corrected chi connectivity index (χ2v) is 4.13. The summed E-state index contributed by atoms with van der Waals surface area (Å²) >= 11 is 0. The lowest BCUT2D eigenvalue weighted by atomic mass is 10.0. The molecule has 0 unspecified atom stereocenters. The van der Waals surface area contributed by atoms with E-state index >= 15 is 0 Å². The maximum absolute atomic E-state index is 11.4. The van der Waals surface area contributed by atoms with Crippen molar-refractivity contribution in [3.8, 4) is 0 Å².